The fraction of sp³-hybridized carbons (Fsp3) is 0.200. The maximum Gasteiger partial charge on any atom is 0.488 e. The molecule has 0 heterocycles. The van der Waals surface area contributed by atoms with Gasteiger partial charge in [0.05, 0.1) is 0 Å². The van der Waals surface area contributed by atoms with E-state index in [-0.39, 0.29) is 12.1 Å². The molecular weight excluding hydrogens is 272 g/mol. The predicted molar refractivity (Wildman–Crippen MR) is 81.3 cm³/mol. The van der Waals surface area contributed by atoms with E-state index in [1.807, 2.05) is 43.3 Å². The molecule has 0 saturated heterocycles. The van der Waals surface area contributed by atoms with E-state index >= 15 is 0 Å². The fourth-order valence-electron chi connectivity index (χ4n) is 1.95. The molecule has 21 heavy (non-hydrogen) atoms. The highest BCUT2D eigenvalue weighted by atomic mass is 19.1. The molecule has 0 saturated carbocycles. The van der Waals surface area contributed by atoms with Gasteiger partial charge in [-0.15, -0.1) is 0 Å². The SMILES string of the molecule is CN(C)c1cccc(OCc2ccc(F)cc2B(O)O)c1. The van der Waals surface area contributed by atoms with Crippen LogP contribution in [0, 0.1) is 5.82 Å². The molecule has 2 rings (SSSR count). The summed E-state index contributed by atoms with van der Waals surface area (Å²) in [6.07, 6.45) is 0. The van der Waals surface area contributed by atoms with Gasteiger partial charge in [0.2, 0.25) is 0 Å². The number of rotatable bonds is 5. The first kappa shape index (κ1) is 15.3. The van der Waals surface area contributed by atoms with Crippen molar-refractivity contribution in [2.24, 2.45) is 0 Å². The number of hydrogen-bond acceptors (Lipinski definition) is 4. The summed E-state index contributed by atoms with van der Waals surface area (Å²) < 4.78 is 18.8. The first-order valence-corrected chi connectivity index (χ1v) is 6.52. The standard InChI is InChI=1S/C15H17BFNO3/c1-18(2)13-4-3-5-14(9-13)21-10-11-6-7-12(17)8-15(11)16(19)20/h3-9,19-20H,10H2,1-2H3. The van der Waals surface area contributed by atoms with Crippen molar-refractivity contribution in [3.63, 3.8) is 0 Å². The molecule has 0 aromatic heterocycles. The molecule has 0 radical (unpaired) electrons. The summed E-state index contributed by atoms with van der Waals surface area (Å²) in [5.41, 5.74) is 1.63. The van der Waals surface area contributed by atoms with Gasteiger partial charge in [0.15, 0.2) is 0 Å². The van der Waals surface area contributed by atoms with Crippen LogP contribution in [0.2, 0.25) is 0 Å². The smallest absolute Gasteiger partial charge is 0.488 e. The summed E-state index contributed by atoms with van der Waals surface area (Å²) in [5.74, 6) is 0.139. The second kappa shape index (κ2) is 6.60. The monoisotopic (exact) mass is 289 g/mol. The van der Waals surface area contributed by atoms with Gasteiger partial charge in [-0.05, 0) is 35.3 Å². The van der Waals surface area contributed by atoms with Crippen LogP contribution in [-0.2, 0) is 6.61 Å². The van der Waals surface area contributed by atoms with Gasteiger partial charge < -0.3 is 19.7 Å². The predicted octanol–water partition coefficient (Wildman–Crippen LogP) is 1.15. The van der Waals surface area contributed by atoms with Gasteiger partial charge in [0.1, 0.15) is 18.2 Å². The number of benzene rings is 2. The molecule has 4 nitrogen and oxygen atoms in total. The third kappa shape index (κ3) is 3.96. The maximum atomic E-state index is 13.1. The lowest BCUT2D eigenvalue weighted by Gasteiger charge is -2.15. The minimum atomic E-state index is -1.73. The molecule has 6 heteroatoms. The van der Waals surface area contributed by atoms with Crippen LogP contribution in [0.4, 0.5) is 10.1 Å². The highest BCUT2D eigenvalue weighted by molar-refractivity contribution is 6.59. The maximum absolute atomic E-state index is 13.1. The van der Waals surface area contributed by atoms with E-state index in [4.69, 9.17) is 4.74 Å². The van der Waals surface area contributed by atoms with Crippen molar-refractivity contribution in [1.82, 2.24) is 0 Å². The summed E-state index contributed by atoms with van der Waals surface area (Å²) in [6, 6.07) is 11.4. The lowest BCUT2D eigenvalue weighted by atomic mass is 9.77. The summed E-state index contributed by atoms with van der Waals surface area (Å²) in [5, 5.41) is 18.5. The molecule has 2 N–H and O–H groups in total. The van der Waals surface area contributed by atoms with Gasteiger partial charge in [-0.3, -0.25) is 0 Å². The second-order valence-electron chi connectivity index (χ2n) is 4.90. The normalized spacial score (nSPS) is 10.3. The number of hydrogen-bond donors (Lipinski definition) is 2. The number of nitrogens with zero attached hydrogens (tertiary/aromatic N) is 1. The molecule has 0 spiro atoms. The van der Waals surface area contributed by atoms with Crippen molar-refractivity contribution in [3.8, 4) is 5.75 Å². The fourth-order valence-corrected chi connectivity index (χ4v) is 1.95. The van der Waals surface area contributed by atoms with E-state index in [0.717, 1.165) is 11.8 Å². The summed E-state index contributed by atoms with van der Waals surface area (Å²) in [6.45, 7) is 0.129. The quantitative estimate of drug-likeness (QED) is 0.811. The Morgan fingerprint density at radius 2 is 1.90 bits per heavy atom. The zero-order valence-corrected chi connectivity index (χ0v) is 12.0. The Bertz CT molecular complexity index is 620. The number of halogens is 1. The first-order valence-electron chi connectivity index (χ1n) is 6.52. The third-order valence-corrected chi connectivity index (χ3v) is 3.11. The Hall–Kier alpha value is -2.05. The Balaban J connectivity index is 2.15. The molecule has 0 atom stereocenters. The van der Waals surface area contributed by atoms with Crippen LogP contribution in [0.5, 0.6) is 5.75 Å². The Labute approximate surface area is 123 Å². The third-order valence-electron chi connectivity index (χ3n) is 3.11. The van der Waals surface area contributed by atoms with E-state index in [9.17, 15) is 14.4 Å². The van der Waals surface area contributed by atoms with Crippen molar-refractivity contribution in [2.75, 3.05) is 19.0 Å². The molecule has 2 aromatic rings. The van der Waals surface area contributed by atoms with Crippen LogP contribution in [0.15, 0.2) is 42.5 Å². The van der Waals surface area contributed by atoms with Crippen molar-refractivity contribution in [2.45, 2.75) is 6.61 Å². The van der Waals surface area contributed by atoms with Crippen molar-refractivity contribution < 1.29 is 19.2 Å². The minimum Gasteiger partial charge on any atom is -0.489 e. The zero-order valence-electron chi connectivity index (χ0n) is 12.0. The largest absolute Gasteiger partial charge is 0.489 e. The van der Waals surface area contributed by atoms with Crippen LogP contribution in [0.25, 0.3) is 0 Å². The molecule has 2 aromatic carbocycles. The van der Waals surface area contributed by atoms with Crippen molar-refractivity contribution >= 4 is 18.3 Å². The van der Waals surface area contributed by atoms with Crippen LogP contribution in [-0.4, -0.2) is 31.3 Å². The molecule has 0 aliphatic carbocycles. The van der Waals surface area contributed by atoms with Crippen LogP contribution in [0.3, 0.4) is 0 Å². The molecule has 0 unspecified atom stereocenters. The lowest BCUT2D eigenvalue weighted by molar-refractivity contribution is 0.306. The second-order valence-corrected chi connectivity index (χ2v) is 4.90. The van der Waals surface area contributed by atoms with Gasteiger partial charge >= 0.3 is 7.12 Å². The molecule has 0 amide bonds. The molecule has 0 bridgehead atoms. The molecule has 0 fully saturated rings. The van der Waals surface area contributed by atoms with Crippen molar-refractivity contribution in [1.29, 1.82) is 0 Å². The van der Waals surface area contributed by atoms with Gasteiger partial charge in [0, 0.05) is 25.8 Å². The van der Waals surface area contributed by atoms with E-state index in [0.29, 0.717) is 11.3 Å². The summed E-state index contributed by atoms with van der Waals surface area (Å²) in [7, 11) is 2.13. The van der Waals surface area contributed by atoms with Gasteiger partial charge in [-0.2, -0.15) is 0 Å². The molecular formula is C15H17BFNO3. The minimum absolute atomic E-state index is 0.110. The van der Waals surface area contributed by atoms with E-state index in [2.05, 4.69) is 0 Å². The average molecular weight is 289 g/mol. The molecule has 0 aliphatic heterocycles. The van der Waals surface area contributed by atoms with E-state index in [1.165, 1.54) is 12.1 Å². The van der Waals surface area contributed by atoms with Crippen LogP contribution < -0.4 is 15.1 Å². The Kier molecular flexibility index (Phi) is 4.83. The molecule has 0 aliphatic rings. The Morgan fingerprint density at radius 3 is 2.57 bits per heavy atom. The zero-order chi connectivity index (χ0) is 15.4. The first-order chi connectivity index (χ1) is 9.97. The van der Waals surface area contributed by atoms with Crippen LogP contribution in [0.1, 0.15) is 5.56 Å². The van der Waals surface area contributed by atoms with E-state index in [1.54, 1.807) is 0 Å². The topological polar surface area (TPSA) is 52.9 Å². The van der Waals surface area contributed by atoms with Gasteiger partial charge in [-0.1, -0.05) is 12.1 Å². The summed E-state index contributed by atoms with van der Waals surface area (Å²) >= 11 is 0. The molecule has 110 valence electrons. The average Bonchev–Trinajstić information content (AvgIpc) is 2.46. The number of anilines is 1. The lowest BCUT2D eigenvalue weighted by Crippen LogP contribution is -2.34. The van der Waals surface area contributed by atoms with Gasteiger partial charge in [0.25, 0.3) is 0 Å². The highest BCUT2D eigenvalue weighted by Gasteiger charge is 2.17. The van der Waals surface area contributed by atoms with Crippen molar-refractivity contribution in [3.05, 3.63) is 53.8 Å². The Morgan fingerprint density at radius 1 is 1.14 bits per heavy atom. The van der Waals surface area contributed by atoms with Gasteiger partial charge in [-0.25, -0.2) is 4.39 Å². The summed E-state index contributed by atoms with van der Waals surface area (Å²) in [4.78, 5) is 1.95. The van der Waals surface area contributed by atoms with E-state index < -0.39 is 12.9 Å². The van der Waals surface area contributed by atoms with Crippen LogP contribution >= 0.6 is 0 Å². The number of ether oxygens (including phenoxy) is 1. The highest BCUT2D eigenvalue weighted by Crippen LogP contribution is 2.20.